The summed E-state index contributed by atoms with van der Waals surface area (Å²) in [5.74, 6) is 0.137. The average Bonchev–Trinajstić information content (AvgIpc) is 2.82. The molecule has 0 saturated heterocycles. The van der Waals surface area contributed by atoms with Gasteiger partial charge in [-0.05, 0) is 6.42 Å². The molecule has 0 amide bonds. The molecule has 2 rings (SSSR count). The lowest BCUT2D eigenvalue weighted by Gasteiger charge is -2.00. The van der Waals surface area contributed by atoms with E-state index in [1.807, 2.05) is 41.9 Å². The largest absolute Gasteiger partial charge is 0.334 e. The van der Waals surface area contributed by atoms with Gasteiger partial charge in [0.15, 0.2) is 6.54 Å². The predicted octanol–water partition coefficient (Wildman–Crippen LogP) is 2.52. The summed E-state index contributed by atoms with van der Waals surface area (Å²) in [6, 6.07) is 9.41. The van der Waals surface area contributed by atoms with Crippen molar-refractivity contribution in [2.45, 2.75) is 19.9 Å². The van der Waals surface area contributed by atoms with E-state index in [1.54, 1.807) is 11.3 Å². The highest BCUT2D eigenvalue weighted by molar-refractivity contribution is 7.15. The molecule has 1 aromatic heterocycles. The van der Waals surface area contributed by atoms with E-state index in [0.717, 1.165) is 17.1 Å². The monoisotopic (exact) mass is 261 g/mol. The van der Waals surface area contributed by atoms with E-state index in [4.69, 9.17) is 0 Å². The molecule has 0 fully saturated rings. The molecular weight excluding hydrogens is 244 g/mol. The molecule has 1 heterocycles. The minimum Gasteiger partial charge on any atom is -0.290 e. The van der Waals surface area contributed by atoms with Crippen LogP contribution in [-0.4, -0.2) is 12.8 Å². The Balaban J connectivity index is 2.19. The Kier molecular flexibility index (Phi) is 4.10. The van der Waals surface area contributed by atoms with Crippen molar-refractivity contribution in [1.82, 2.24) is 0 Å². The van der Waals surface area contributed by atoms with E-state index < -0.39 is 0 Å². The van der Waals surface area contributed by atoms with Gasteiger partial charge >= 0.3 is 5.13 Å². The molecule has 0 aliphatic carbocycles. The Bertz CT molecular complexity index is 534. The molecule has 18 heavy (non-hydrogen) atoms. The summed E-state index contributed by atoms with van der Waals surface area (Å²) in [6.07, 6.45) is 3.04. The molecule has 4 heteroatoms. The molecule has 0 spiro atoms. The third-order valence-corrected chi connectivity index (χ3v) is 4.05. The summed E-state index contributed by atoms with van der Waals surface area (Å²) < 4.78 is 1.98. The smallest absolute Gasteiger partial charge is 0.290 e. The van der Waals surface area contributed by atoms with Crippen LogP contribution in [0.4, 0.5) is 5.13 Å². The lowest BCUT2D eigenvalue weighted by Crippen LogP contribution is -2.38. The second kappa shape index (κ2) is 5.78. The van der Waals surface area contributed by atoms with Crippen LogP contribution < -0.4 is 9.88 Å². The van der Waals surface area contributed by atoms with E-state index in [9.17, 15) is 4.79 Å². The van der Waals surface area contributed by atoms with Gasteiger partial charge in [0.25, 0.3) is 0 Å². The van der Waals surface area contributed by atoms with E-state index >= 15 is 0 Å². The van der Waals surface area contributed by atoms with E-state index in [-0.39, 0.29) is 5.78 Å². The van der Waals surface area contributed by atoms with Crippen LogP contribution in [0.5, 0.6) is 0 Å². The Morgan fingerprint density at radius 2 is 2.06 bits per heavy atom. The molecule has 0 saturated carbocycles. The molecule has 0 aliphatic rings. The van der Waals surface area contributed by atoms with Crippen LogP contribution in [-0.2, 0) is 13.0 Å². The van der Waals surface area contributed by atoms with Crippen LogP contribution in [0.2, 0.25) is 0 Å². The first-order valence-electron chi connectivity index (χ1n) is 6.02. The second-order valence-corrected chi connectivity index (χ2v) is 5.14. The number of ketones is 1. The summed E-state index contributed by atoms with van der Waals surface area (Å²) in [4.78, 5) is 13.4. The zero-order chi connectivity index (χ0) is 13.0. The number of benzene rings is 1. The topological polar surface area (TPSA) is 33.0 Å². The number of aromatic nitrogens is 1. The number of rotatable bonds is 5. The van der Waals surface area contributed by atoms with Crippen LogP contribution in [0.15, 0.2) is 36.5 Å². The van der Waals surface area contributed by atoms with Gasteiger partial charge < -0.3 is 0 Å². The predicted molar refractivity (Wildman–Crippen MR) is 74.2 cm³/mol. The SMILES string of the molecule is CCc1c[n+](CC(=O)c2ccccc2)c(NC)s1. The van der Waals surface area contributed by atoms with Crippen molar-refractivity contribution in [1.29, 1.82) is 0 Å². The zero-order valence-electron chi connectivity index (χ0n) is 10.6. The normalized spacial score (nSPS) is 10.3. The van der Waals surface area contributed by atoms with Gasteiger partial charge in [-0.3, -0.25) is 10.1 Å². The molecule has 1 aromatic carbocycles. The summed E-state index contributed by atoms with van der Waals surface area (Å²) >= 11 is 1.70. The number of hydrogen-bond donors (Lipinski definition) is 1. The van der Waals surface area contributed by atoms with Crippen LogP contribution in [0.3, 0.4) is 0 Å². The highest BCUT2D eigenvalue weighted by Gasteiger charge is 2.16. The minimum atomic E-state index is 0.137. The van der Waals surface area contributed by atoms with Gasteiger partial charge in [-0.2, -0.15) is 0 Å². The van der Waals surface area contributed by atoms with Crippen molar-refractivity contribution in [3.8, 4) is 0 Å². The molecule has 0 atom stereocenters. The van der Waals surface area contributed by atoms with Crippen molar-refractivity contribution >= 4 is 22.3 Å². The number of thiazole rings is 1. The van der Waals surface area contributed by atoms with Gasteiger partial charge in [0, 0.05) is 5.56 Å². The maximum absolute atomic E-state index is 12.1. The van der Waals surface area contributed by atoms with Gasteiger partial charge in [-0.1, -0.05) is 48.6 Å². The number of carbonyl (C=O) groups is 1. The molecular formula is C14H17N2OS+. The first-order chi connectivity index (χ1) is 8.74. The molecule has 0 radical (unpaired) electrons. The highest BCUT2D eigenvalue weighted by Crippen LogP contribution is 2.16. The van der Waals surface area contributed by atoms with Gasteiger partial charge in [-0.25, -0.2) is 4.57 Å². The number of hydrogen-bond acceptors (Lipinski definition) is 3. The Labute approximate surface area is 111 Å². The van der Waals surface area contributed by atoms with Crippen LogP contribution >= 0.6 is 11.3 Å². The summed E-state index contributed by atoms with van der Waals surface area (Å²) in [7, 11) is 1.88. The van der Waals surface area contributed by atoms with Gasteiger partial charge in [-0.15, -0.1) is 0 Å². The standard InChI is InChI=1S/C14H16N2OS/c1-3-12-9-16(14(15-2)18-12)10-13(17)11-7-5-4-6-8-11/h4-9H,3,10H2,1-2H3/p+1. The third kappa shape index (κ3) is 2.76. The fourth-order valence-corrected chi connectivity index (χ4v) is 2.70. The number of nitrogens with one attached hydrogen (secondary N) is 1. The maximum Gasteiger partial charge on any atom is 0.334 e. The lowest BCUT2D eigenvalue weighted by atomic mass is 10.1. The Morgan fingerprint density at radius 1 is 1.33 bits per heavy atom. The quantitative estimate of drug-likeness (QED) is 0.662. The highest BCUT2D eigenvalue weighted by atomic mass is 32.1. The van der Waals surface area contributed by atoms with E-state index in [0.29, 0.717) is 6.54 Å². The molecule has 94 valence electrons. The van der Waals surface area contributed by atoms with Crippen molar-refractivity contribution < 1.29 is 9.36 Å². The molecule has 0 aliphatic heterocycles. The molecule has 2 aromatic rings. The number of aryl methyl sites for hydroxylation is 1. The number of Topliss-reactive ketones (excluding diaryl/α,β-unsaturated/α-hetero) is 1. The maximum atomic E-state index is 12.1. The lowest BCUT2D eigenvalue weighted by molar-refractivity contribution is -0.665. The van der Waals surface area contributed by atoms with Crippen molar-refractivity contribution in [2.24, 2.45) is 0 Å². The fourth-order valence-electron chi connectivity index (χ4n) is 1.79. The second-order valence-electron chi connectivity index (χ2n) is 4.02. The van der Waals surface area contributed by atoms with Crippen LogP contribution in [0.1, 0.15) is 22.2 Å². The Morgan fingerprint density at radius 3 is 2.67 bits per heavy atom. The fraction of sp³-hybridized carbons (Fsp3) is 0.286. The first-order valence-corrected chi connectivity index (χ1v) is 6.84. The van der Waals surface area contributed by atoms with Crippen molar-refractivity contribution in [2.75, 3.05) is 12.4 Å². The zero-order valence-corrected chi connectivity index (χ0v) is 11.5. The molecule has 0 bridgehead atoms. The minimum absolute atomic E-state index is 0.137. The van der Waals surface area contributed by atoms with Crippen LogP contribution in [0, 0.1) is 0 Å². The van der Waals surface area contributed by atoms with Crippen LogP contribution in [0.25, 0.3) is 0 Å². The van der Waals surface area contributed by atoms with Gasteiger partial charge in [0.1, 0.15) is 6.20 Å². The average molecular weight is 261 g/mol. The van der Waals surface area contributed by atoms with Gasteiger partial charge in [0.05, 0.1) is 11.9 Å². The summed E-state index contributed by atoms with van der Waals surface area (Å²) in [5, 5.41) is 4.16. The first kappa shape index (κ1) is 12.8. The number of carbonyl (C=O) groups excluding carboxylic acids is 1. The summed E-state index contributed by atoms with van der Waals surface area (Å²) in [5.41, 5.74) is 0.760. The molecule has 3 nitrogen and oxygen atoms in total. The molecule has 0 unspecified atom stereocenters. The van der Waals surface area contributed by atoms with Crippen molar-refractivity contribution in [3.63, 3.8) is 0 Å². The summed E-state index contributed by atoms with van der Waals surface area (Å²) in [6.45, 7) is 2.51. The number of anilines is 1. The third-order valence-electron chi connectivity index (χ3n) is 2.76. The molecule has 1 N–H and O–H groups in total. The Hall–Kier alpha value is -1.68. The van der Waals surface area contributed by atoms with E-state index in [2.05, 4.69) is 18.4 Å². The van der Waals surface area contributed by atoms with Crippen molar-refractivity contribution in [3.05, 3.63) is 47.0 Å². The number of nitrogens with zero attached hydrogens (tertiary/aromatic N) is 1. The van der Waals surface area contributed by atoms with Gasteiger partial charge in [0.2, 0.25) is 5.78 Å². The van der Waals surface area contributed by atoms with E-state index in [1.165, 1.54) is 4.88 Å².